The summed E-state index contributed by atoms with van der Waals surface area (Å²) in [4.78, 5) is 11.8. The number of rotatable bonds is 5. The molecule has 0 aromatic rings. The average Bonchev–Trinajstić information content (AvgIpc) is 2.95. The molecular weight excluding hydrogens is 216 g/mol. The lowest BCUT2D eigenvalue weighted by Crippen LogP contribution is -2.36. The number of hydrogen-bond donors (Lipinski definition) is 2. The largest absolute Gasteiger partial charge is 0.376 e. The molecule has 1 saturated heterocycles. The molecule has 1 amide bonds. The van der Waals surface area contributed by atoms with Crippen LogP contribution in [0.25, 0.3) is 0 Å². The quantitative estimate of drug-likeness (QED) is 0.703. The first-order valence-electron chi connectivity index (χ1n) is 6.87. The summed E-state index contributed by atoms with van der Waals surface area (Å²) in [5.74, 6) is 0.768. The molecule has 0 unspecified atom stereocenters. The molecule has 0 aromatic carbocycles. The molecule has 4 nitrogen and oxygen atoms in total. The Labute approximate surface area is 103 Å². The van der Waals surface area contributed by atoms with Gasteiger partial charge in [0, 0.05) is 13.1 Å². The Morgan fingerprint density at radius 2 is 2.12 bits per heavy atom. The van der Waals surface area contributed by atoms with Gasteiger partial charge in [-0.3, -0.25) is 4.79 Å². The van der Waals surface area contributed by atoms with E-state index in [1.807, 2.05) is 0 Å². The van der Waals surface area contributed by atoms with Gasteiger partial charge in [0.15, 0.2) is 0 Å². The maximum absolute atomic E-state index is 11.8. The molecule has 2 rings (SSSR count). The van der Waals surface area contributed by atoms with E-state index in [0.717, 1.165) is 13.1 Å². The molecule has 98 valence electrons. The zero-order chi connectivity index (χ0) is 12.1. The minimum Gasteiger partial charge on any atom is -0.376 e. The first-order valence-corrected chi connectivity index (χ1v) is 6.87. The van der Waals surface area contributed by atoms with Crippen molar-refractivity contribution in [2.45, 2.75) is 38.7 Å². The van der Waals surface area contributed by atoms with Gasteiger partial charge in [0.1, 0.15) is 0 Å². The van der Waals surface area contributed by atoms with Gasteiger partial charge < -0.3 is 15.4 Å². The van der Waals surface area contributed by atoms with E-state index in [2.05, 4.69) is 17.6 Å². The van der Waals surface area contributed by atoms with Crippen LogP contribution in [-0.4, -0.2) is 38.3 Å². The van der Waals surface area contributed by atoms with Gasteiger partial charge in [0.05, 0.1) is 18.6 Å². The predicted octanol–water partition coefficient (Wildman–Crippen LogP) is 0.917. The van der Waals surface area contributed by atoms with Crippen LogP contribution >= 0.6 is 0 Å². The van der Waals surface area contributed by atoms with E-state index in [9.17, 15) is 4.79 Å². The third-order valence-corrected chi connectivity index (χ3v) is 3.91. The standard InChI is InChI=1S/C13H24N2O2/c1-10-8-14-9-12(10)13(16)15-6-7-17-11-4-2-3-5-11/h10-12,14H,2-9H2,1H3,(H,15,16)/t10-,12-/m1/s1. The number of nitrogens with one attached hydrogen (secondary N) is 2. The summed E-state index contributed by atoms with van der Waals surface area (Å²) in [5, 5.41) is 6.22. The molecule has 0 bridgehead atoms. The topological polar surface area (TPSA) is 50.4 Å². The van der Waals surface area contributed by atoms with E-state index in [-0.39, 0.29) is 11.8 Å². The zero-order valence-electron chi connectivity index (χ0n) is 10.7. The van der Waals surface area contributed by atoms with E-state index in [1.54, 1.807) is 0 Å². The highest BCUT2D eigenvalue weighted by atomic mass is 16.5. The Morgan fingerprint density at radius 1 is 1.35 bits per heavy atom. The van der Waals surface area contributed by atoms with Crippen LogP contribution in [0.3, 0.4) is 0 Å². The normalized spacial score (nSPS) is 29.7. The van der Waals surface area contributed by atoms with E-state index < -0.39 is 0 Å². The van der Waals surface area contributed by atoms with Crippen LogP contribution in [0.5, 0.6) is 0 Å². The second-order valence-corrected chi connectivity index (χ2v) is 5.31. The van der Waals surface area contributed by atoms with Crippen molar-refractivity contribution in [3.8, 4) is 0 Å². The number of carbonyl (C=O) groups excluding carboxylic acids is 1. The second-order valence-electron chi connectivity index (χ2n) is 5.31. The lowest BCUT2D eigenvalue weighted by atomic mass is 9.97. The van der Waals surface area contributed by atoms with Crippen LogP contribution in [0.15, 0.2) is 0 Å². The van der Waals surface area contributed by atoms with Gasteiger partial charge in [-0.05, 0) is 25.3 Å². The summed E-state index contributed by atoms with van der Waals surface area (Å²) >= 11 is 0. The highest BCUT2D eigenvalue weighted by Gasteiger charge is 2.29. The van der Waals surface area contributed by atoms with Crippen molar-refractivity contribution in [2.24, 2.45) is 11.8 Å². The van der Waals surface area contributed by atoms with Crippen LogP contribution < -0.4 is 10.6 Å². The van der Waals surface area contributed by atoms with Crippen molar-refractivity contribution in [1.29, 1.82) is 0 Å². The van der Waals surface area contributed by atoms with Crippen molar-refractivity contribution in [1.82, 2.24) is 10.6 Å². The number of amides is 1. The second kappa shape index (κ2) is 6.36. The van der Waals surface area contributed by atoms with Gasteiger partial charge in [0.2, 0.25) is 5.91 Å². The molecule has 0 radical (unpaired) electrons. The van der Waals surface area contributed by atoms with E-state index >= 15 is 0 Å². The van der Waals surface area contributed by atoms with Crippen LogP contribution in [0.2, 0.25) is 0 Å². The number of carbonyl (C=O) groups is 1. The molecule has 0 aromatic heterocycles. The van der Waals surface area contributed by atoms with Gasteiger partial charge in [0.25, 0.3) is 0 Å². The van der Waals surface area contributed by atoms with E-state index in [0.29, 0.717) is 25.2 Å². The predicted molar refractivity (Wildman–Crippen MR) is 66.7 cm³/mol. The summed E-state index contributed by atoms with van der Waals surface area (Å²) in [7, 11) is 0. The Kier molecular flexibility index (Phi) is 4.80. The van der Waals surface area contributed by atoms with Gasteiger partial charge in [-0.2, -0.15) is 0 Å². The molecule has 1 aliphatic heterocycles. The average molecular weight is 240 g/mol. The van der Waals surface area contributed by atoms with Crippen molar-refractivity contribution >= 4 is 5.91 Å². The Bertz CT molecular complexity index is 252. The fourth-order valence-electron chi connectivity index (χ4n) is 2.75. The molecule has 1 heterocycles. The molecule has 0 spiro atoms. The fourth-order valence-corrected chi connectivity index (χ4v) is 2.75. The van der Waals surface area contributed by atoms with Crippen molar-refractivity contribution in [3.63, 3.8) is 0 Å². The molecular formula is C13H24N2O2. The summed E-state index contributed by atoms with van der Waals surface area (Å²) in [6.07, 6.45) is 5.42. The van der Waals surface area contributed by atoms with Gasteiger partial charge >= 0.3 is 0 Å². The van der Waals surface area contributed by atoms with Crippen molar-refractivity contribution in [2.75, 3.05) is 26.2 Å². The lowest BCUT2D eigenvalue weighted by molar-refractivity contribution is -0.125. The fraction of sp³-hybridized carbons (Fsp3) is 0.923. The highest BCUT2D eigenvalue weighted by Crippen LogP contribution is 2.20. The van der Waals surface area contributed by atoms with Crippen LogP contribution in [0, 0.1) is 11.8 Å². The Morgan fingerprint density at radius 3 is 2.76 bits per heavy atom. The third-order valence-electron chi connectivity index (χ3n) is 3.91. The smallest absolute Gasteiger partial charge is 0.224 e. The molecule has 2 atom stereocenters. The Balaban J connectivity index is 1.56. The van der Waals surface area contributed by atoms with Gasteiger partial charge in [-0.1, -0.05) is 19.8 Å². The van der Waals surface area contributed by atoms with Gasteiger partial charge in [-0.15, -0.1) is 0 Å². The summed E-state index contributed by atoms with van der Waals surface area (Å²) in [6.45, 7) is 5.20. The third kappa shape index (κ3) is 3.68. The first-order chi connectivity index (χ1) is 8.27. The first kappa shape index (κ1) is 12.8. The van der Waals surface area contributed by atoms with Crippen molar-refractivity contribution in [3.05, 3.63) is 0 Å². The zero-order valence-corrected chi connectivity index (χ0v) is 10.7. The lowest BCUT2D eigenvalue weighted by Gasteiger charge is -2.15. The molecule has 1 saturated carbocycles. The van der Waals surface area contributed by atoms with E-state index in [1.165, 1.54) is 25.7 Å². The Hall–Kier alpha value is -0.610. The molecule has 2 aliphatic rings. The van der Waals surface area contributed by atoms with Crippen LogP contribution in [0.1, 0.15) is 32.6 Å². The molecule has 4 heteroatoms. The monoisotopic (exact) mass is 240 g/mol. The SMILES string of the molecule is C[C@@H]1CNC[C@H]1C(=O)NCCOC1CCCC1. The summed E-state index contributed by atoms with van der Waals surface area (Å²) < 4.78 is 5.71. The number of ether oxygens (including phenoxy) is 1. The maximum Gasteiger partial charge on any atom is 0.224 e. The van der Waals surface area contributed by atoms with E-state index in [4.69, 9.17) is 4.74 Å². The van der Waals surface area contributed by atoms with Crippen molar-refractivity contribution < 1.29 is 9.53 Å². The van der Waals surface area contributed by atoms with Gasteiger partial charge in [-0.25, -0.2) is 0 Å². The van der Waals surface area contributed by atoms with Crippen LogP contribution in [0.4, 0.5) is 0 Å². The summed E-state index contributed by atoms with van der Waals surface area (Å²) in [6, 6.07) is 0. The number of hydrogen-bond acceptors (Lipinski definition) is 3. The molecule has 17 heavy (non-hydrogen) atoms. The summed E-state index contributed by atoms with van der Waals surface area (Å²) in [5.41, 5.74) is 0. The molecule has 2 fully saturated rings. The highest BCUT2D eigenvalue weighted by molar-refractivity contribution is 5.79. The minimum atomic E-state index is 0.140. The maximum atomic E-state index is 11.8. The minimum absolute atomic E-state index is 0.140. The van der Waals surface area contributed by atoms with Crippen LogP contribution in [-0.2, 0) is 9.53 Å². The molecule has 2 N–H and O–H groups in total. The molecule has 1 aliphatic carbocycles.